The number of benzene rings is 1. The summed E-state index contributed by atoms with van der Waals surface area (Å²) < 4.78 is 12.1. The molecule has 2 rings (SSSR count). The summed E-state index contributed by atoms with van der Waals surface area (Å²) in [5.41, 5.74) is 1.48. The predicted octanol–water partition coefficient (Wildman–Crippen LogP) is 2.39. The molecule has 0 fully saturated rings. The molecule has 0 amide bonds. The highest BCUT2D eigenvalue weighted by atomic mass is 16.5. The van der Waals surface area contributed by atoms with E-state index in [-0.39, 0.29) is 0 Å². The molecule has 1 aromatic carbocycles. The topological polar surface area (TPSA) is 40.5 Å². The molecule has 0 atom stereocenters. The largest absolute Gasteiger partial charge is 0.486 e. The van der Waals surface area contributed by atoms with Gasteiger partial charge in [0.1, 0.15) is 6.61 Å². The van der Waals surface area contributed by atoms with Crippen molar-refractivity contribution in [1.29, 1.82) is 0 Å². The lowest BCUT2D eigenvalue weighted by molar-refractivity contribution is 0.0584. The number of hydrogen-bond acceptors (Lipinski definition) is 3. The maximum absolute atomic E-state index is 11.6. The van der Waals surface area contributed by atoms with Crippen LogP contribution in [0.2, 0.25) is 0 Å². The summed E-state index contributed by atoms with van der Waals surface area (Å²) in [7, 11) is 3.14. The molecular weight excluding hydrogens is 230 g/mol. The zero-order valence-corrected chi connectivity index (χ0v) is 10.4. The maximum Gasteiger partial charge on any atom is 0.358 e. The fourth-order valence-electron chi connectivity index (χ4n) is 1.70. The Morgan fingerprint density at radius 2 is 1.94 bits per heavy atom. The lowest BCUT2D eigenvalue weighted by Crippen LogP contribution is -2.09. The van der Waals surface area contributed by atoms with Crippen molar-refractivity contribution in [2.24, 2.45) is 7.05 Å². The van der Waals surface area contributed by atoms with Gasteiger partial charge in [-0.3, -0.25) is 0 Å². The van der Waals surface area contributed by atoms with E-state index in [1.807, 2.05) is 30.3 Å². The van der Waals surface area contributed by atoms with Crippen molar-refractivity contribution in [3.63, 3.8) is 0 Å². The first-order valence-electron chi connectivity index (χ1n) is 5.62. The maximum atomic E-state index is 11.6. The van der Waals surface area contributed by atoms with Crippen molar-refractivity contribution in [2.75, 3.05) is 7.11 Å². The Morgan fingerprint density at radius 1 is 1.22 bits per heavy atom. The van der Waals surface area contributed by atoms with E-state index in [0.717, 1.165) is 5.56 Å². The Morgan fingerprint density at radius 3 is 2.61 bits per heavy atom. The van der Waals surface area contributed by atoms with E-state index >= 15 is 0 Å². The molecule has 0 bridgehead atoms. The van der Waals surface area contributed by atoms with E-state index in [0.29, 0.717) is 18.1 Å². The van der Waals surface area contributed by atoms with Crippen LogP contribution in [0.1, 0.15) is 16.1 Å². The van der Waals surface area contributed by atoms with Gasteiger partial charge in [0.05, 0.1) is 7.11 Å². The van der Waals surface area contributed by atoms with Crippen molar-refractivity contribution in [3.05, 3.63) is 53.9 Å². The van der Waals surface area contributed by atoms with Crippen LogP contribution in [-0.2, 0) is 18.4 Å². The summed E-state index contributed by atoms with van der Waals surface area (Å²) >= 11 is 0. The Hall–Kier alpha value is -2.23. The summed E-state index contributed by atoms with van der Waals surface area (Å²) in [5.74, 6) is 0.138. The van der Waals surface area contributed by atoms with Crippen LogP contribution >= 0.6 is 0 Å². The van der Waals surface area contributed by atoms with Gasteiger partial charge < -0.3 is 14.0 Å². The summed E-state index contributed by atoms with van der Waals surface area (Å²) in [5, 5.41) is 0. The molecular formula is C14H15NO3. The first kappa shape index (κ1) is 12.2. The van der Waals surface area contributed by atoms with Gasteiger partial charge in [-0.15, -0.1) is 0 Å². The molecule has 0 aliphatic rings. The second-order valence-corrected chi connectivity index (χ2v) is 3.91. The molecule has 1 heterocycles. The summed E-state index contributed by atoms with van der Waals surface area (Å²) in [6.45, 7) is 0.425. The molecule has 0 radical (unpaired) electrons. The second-order valence-electron chi connectivity index (χ2n) is 3.91. The molecule has 0 N–H and O–H groups in total. The van der Waals surface area contributed by atoms with Gasteiger partial charge in [0.25, 0.3) is 0 Å². The molecule has 4 heteroatoms. The van der Waals surface area contributed by atoms with Crippen molar-refractivity contribution < 1.29 is 14.3 Å². The van der Waals surface area contributed by atoms with Gasteiger partial charge in [0, 0.05) is 13.2 Å². The number of ether oxygens (including phenoxy) is 2. The minimum atomic E-state index is -0.398. The van der Waals surface area contributed by atoms with E-state index in [1.165, 1.54) is 7.11 Å². The van der Waals surface area contributed by atoms with Crippen LogP contribution in [0, 0.1) is 0 Å². The summed E-state index contributed by atoms with van der Waals surface area (Å²) in [6, 6.07) is 11.6. The quantitative estimate of drug-likeness (QED) is 0.776. The van der Waals surface area contributed by atoms with Crippen LogP contribution in [0.3, 0.4) is 0 Å². The average molecular weight is 245 g/mol. The van der Waals surface area contributed by atoms with Crippen LogP contribution in [0.5, 0.6) is 5.75 Å². The normalized spacial score (nSPS) is 10.1. The number of hydrogen-bond donors (Lipinski definition) is 0. The van der Waals surface area contributed by atoms with Gasteiger partial charge in [0.2, 0.25) is 0 Å². The Kier molecular flexibility index (Phi) is 3.67. The zero-order chi connectivity index (χ0) is 13.0. The smallest absolute Gasteiger partial charge is 0.358 e. The van der Waals surface area contributed by atoms with Crippen LogP contribution in [-0.4, -0.2) is 17.6 Å². The summed E-state index contributed by atoms with van der Waals surface area (Å²) in [4.78, 5) is 11.6. The predicted molar refractivity (Wildman–Crippen MR) is 67.5 cm³/mol. The minimum absolute atomic E-state index is 0.398. The van der Waals surface area contributed by atoms with Crippen LogP contribution < -0.4 is 4.74 Å². The first-order chi connectivity index (χ1) is 8.72. The third-order valence-electron chi connectivity index (χ3n) is 2.65. The lowest BCUT2D eigenvalue weighted by Gasteiger charge is -2.08. The average Bonchev–Trinajstić information content (AvgIpc) is 2.78. The molecule has 1 aromatic heterocycles. The number of carbonyl (C=O) groups is 1. The van der Waals surface area contributed by atoms with Gasteiger partial charge >= 0.3 is 5.97 Å². The highest BCUT2D eigenvalue weighted by Crippen LogP contribution is 2.21. The van der Waals surface area contributed by atoms with Gasteiger partial charge in [-0.25, -0.2) is 4.79 Å². The molecule has 0 spiro atoms. The Balaban J connectivity index is 2.13. The van der Waals surface area contributed by atoms with E-state index in [1.54, 1.807) is 23.9 Å². The Bertz CT molecular complexity index is 531. The van der Waals surface area contributed by atoms with Crippen LogP contribution in [0.15, 0.2) is 42.6 Å². The van der Waals surface area contributed by atoms with Crippen LogP contribution in [0.4, 0.5) is 0 Å². The van der Waals surface area contributed by atoms with Crippen molar-refractivity contribution in [1.82, 2.24) is 4.57 Å². The van der Waals surface area contributed by atoms with E-state index in [9.17, 15) is 4.79 Å². The van der Waals surface area contributed by atoms with Gasteiger partial charge in [0.15, 0.2) is 11.4 Å². The third-order valence-corrected chi connectivity index (χ3v) is 2.65. The monoisotopic (exact) mass is 245 g/mol. The molecule has 0 unspecified atom stereocenters. The number of rotatable bonds is 4. The molecule has 18 heavy (non-hydrogen) atoms. The molecule has 0 aliphatic carbocycles. The van der Waals surface area contributed by atoms with Gasteiger partial charge in [-0.05, 0) is 11.6 Å². The van der Waals surface area contributed by atoms with Crippen molar-refractivity contribution >= 4 is 5.97 Å². The van der Waals surface area contributed by atoms with Gasteiger partial charge in [-0.2, -0.15) is 0 Å². The molecule has 4 nitrogen and oxygen atoms in total. The van der Waals surface area contributed by atoms with Crippen molar-refractivity contribution in [2.45, 2.75) is 6.61 Å². The first-order valence-corrected chi connectivity index (χ1v) is 5.62. The Labute approximate surface area is 106 Å². The molecule has 94 valence electrons. The number of aromatic nitrogens is 1. The number of esters is 1. The fourth-order valence-corrected chi connectivity index (χ4v) is 1.70. The van der Waals surface area contributed by atoms with E-state index < -0.39 is 5.97 Å². The SMILES string of the molecule is COC(=O)c1c(OCc2ccccc2)ccn1C. The lowest BCUT2D eigenvalue weighted by atomic mass is 10.2. The highest BCUT2D eigenvalue weighted by molar-refractivity contribution is 5.90. The number of methoxy groups -OCH3 is 1. The van der Waals surface area contributed by atoms with E-state index in [4.69, 9.17) is 9.47 Å². The third kappa shape index (κ3) is 2.53. The summed E-state index contributed by atoms with van der Waals surface area (Å²) in [6.07, 6.45) is 1.77. The minimum Gasteiger partial charge on any atom is -0.486 e. The highest BCUT2D eigenvalue weighted by Gasteiger charge is 2.17. The van der Waals surface area contributed by atoms with Crippen molar-refractivity contribution in [3.8, 4) is 5.75 Å². The molecule has 0 aliphatic heterocycles. The second kappa shape index (κ2) is 5.40. The van der Waals surface area contributed by atoms with Gasteiger partial charge in [-0.1, -0.05) is 30.3 Å². The zero-order valence-electron chi connectivity index (χ0n) is 10.4. The number of aryl methyl sites for hydroxylation is 1. The molecule has 0 saturated carbocycles. The number of nitrogens with zero attached hydrogens (tertiary/aromatic N) is 1. The standard InChI is InChI=1S/C14H15NO3/c1-15-9-8-12(13(15)14(16)17-2)18-10-11-6-4-3-5-7-11/h3-9H,10H2,1-2H3. The fraction of sp³-hybridized carbons (Fsp3) is 0.214. The van der Waals surface area contributed by atoms with Crippen LogP contribution in [0.25, 0.3) is 0 Å². The number of carbonyl (C=O) groups excluding carboxylic acids is 1. The molecule has 0 saturated heterocycles. The van der Waals surface area contributed by atoms with E-state index in [2.05, 4.69) is 0 Å². The molecule has 2 aromatic rings.